The minimum Gasteiger partial charge on any atom is -0.354 e. The Hall–Kier alpha value is -1.56. The molecule has 1 rings (SSSR count). The molecule has 1 aromatic rings. The number of carbonyl (C=O) groups is 1. The van der Waals surface area contributed by atoms with Crippen LogP contribution < -0.4 is 10.6 Å². The van der Waals surface area contributed by atoms with E-state index >= 15 is 0 Å². The third-order valence-electron chi connectivity index (χ3n) is 3.44. The molecule has 0 spiro atoms. The third kappa shape index (κ3) is 8.59. The first-order valence-corrected chi connectivity index (χ1v) is 9.03. The van der Waals surface area contributed by atoms with Crippen LogP contribution in [-0.4, -0.2) is 43.4 Å². The minimum absolute atomic E-state index is 0.00272. The number of hydrogen-bond acceptors (Lipinski definition) is 3. The second-order valence-electron chi connectivity index (χ2n) is 6.40. The summed E-state index contributed by atoms with van der Waals surface area (Å²) in [5.41, 5.74) is 0. The van der Waals surface area contributed by atoms with Gasteiger partial charge in [-0.2, -0.15) is 0 Å². The molecule has 0 radical (unpaired) electrons. The van der Waals surface area contributed by atoms with Crippen molar-refractivity contribution in [1.82, 2.24) is 15.5 Å². The molecule has 0 aliphatic heterocycles. The molecule has 0 saturated heterocycles. The number of likely N-dealkylation sites (N-methyl/N-ethyl adjacent to an activating group) is 1. The average molecular weight is 339 g/mol. The van der Waals surface area contributed by atoms with Crippen molar-refractivity contribution >= 4 is 23.2 Å². The minimum atomic E-state index is -0.00272. The number of carbonyl (C=O) groups excluding carboxylic acids is 1. The summed E-state index contributed by atoms with van der Waals surface area (Å²) in [5.74, 6) is 1.39. The highest BCUT2D eigenvalue weighted by molar-refractivity contribution is 7.09. The van der Waals surface area contributed by atoms with E-state index in [1.807, 2.05) is 6.07 Å². The Labute approximate surface area is 144 Å². The molecule has 23 heavy (non-hydrogen) atoms. The average Bonchev–Trinajstić information content (AvgIpc) is 3.00. The van der Waals surface area contributed by atoms with E-state index < -0.39 is 0 Å². The van der Waals surface area contributed by atoms with Gasteiger partial charge < -0.3 is 15.5 Å². The molecule has 0 aliphatic rings. The van der Waals surface area contributed by atoms with Crippen LogP contribution >= 0.6 is 11.3 Å². The summed E-state index contributed by atoms with van der Waals surface area (Å²) in [6, 6.07) is 4.44. The molecule has 1 unspecified atom stereocenters. The van der Waals surface area contributed by atoms with Crippen molar-refractivity contribution in [2.24, 2.45) is 10.9 Å². The Morgan fingerprint density at radius 1 is 1.30 bits per heavy atom. The third-order valence-corrected chi connectivity index (χ3v) is 4.32. The van der Waals surface area contributed by atoms with E-state index in [9.17, 15) is 4.79 Å². The molecule has 0 aromatic carbocycles. The van der Waals surface area contributed by atoms with Crippen molar-refractivity contribution in [3.05, 3.63) is 22.4 Å². The van der Waals surface area contributed by atoms with Crippen LogP contribution in [0.25, 0.3) is 0 Å². The van der Waals surface area contributed by atoms with E-state index in [1.54, 1.807) is 30.3 Å². The molecule has 0 aliphatic carbocycles. The van der Waals surface area contributed by atoms with Gasteiger partial charge >= 0.3 is 0 Å². The van der Waals surface area contributed by atoms with E-state index in [1.165, 1.54) is 11.3 Å². The van der Waals surface area contributed by atoms with E-state index in [-0.39, 0.29) is 12.5 Å². The lowest BCUT2D eigenvalue weighted by atomic mass is 10.0. The molecule has 6 heteroatoms. The van der Waals surface area contributed by atoms with Crippen molar-refractivity contribution < 1.29 is 4.79 Å². The molecule has 1 heterocycles. The molecule has 1 aromatic heterocycles. The zero-order valence-corrected chi connectivity index (χ0v) is 15.7. The maximum Gasteiger partial charge on any atom is 0.243 e. The summed E-state index contributed by atoms with van der Waals surface area (Å²) < 4.78 is 0. The predicted molar refractivity (Wildman–Crippen MR) is 98.8 cm³/mol. The first-order chi connectivity index (χ1) is 10.9. The lowest BCUT2D eigenvalue weighted by Crippen LogP contribution is -2.42. The van der Waals surface area contributed by atoms with Gasteiger partial charge in [0, 0.05) is 25.0 Å². The van der Waals surface area contributed by atoms with Crippen LogP contribution in [0.3, 0.4) is 0 Å². The zero-order chi connectivity index (χ0) is 17.2. The molecular weight excluding hydrogens is 308 g/mol. The smallest absolute Gasteiger partial charge is 0.243 e. The van der Waals surface area contributed by atoms with Crippen LogP contribution in [0.1, 0.15) is 38.5 Å². The molecule has 0 bridgehead atoms. The van der Waals surface area contributed by atoms with E-state index in [2.05, 4.69) is 47.8 Å². The Morgan fingerprint density at radius 2 is 2.04 bits per heavy atom. The SMILES string of the molecule is CC(C)CCC(C)NC(=NCC(=O)N(C)C)NCc1cccs1. The van der Waals surface area contributed by atoms with Crippen molar-refractivity contribution in [2.45, 2.75) is 46.2 Å². The van der Waals surface area contributed by atoms with Gasteiger partial charge in [-0.1, -0.05) is 19.9 Å². The summed E-state index contributed by atoms with van der Waals surface area (Å²) in [4.78, 5) is 19.0. The van der Waals surface area contributed by atoms with Gasteiger partial charge in [0.15, 0.2) is 5.96 Å². The number of guanidine groups is 1. The summed E-state index contributed by atoms with van der Waals surface area (Å²) in [5, 5.41) is 8.77. The molecule has 0 fully saturated rings. The Kier molecular flexibility index (Phi) is 8.69. The first kappa shape index (κ1) is 19.5. The quantitative estimate of drug-likeness (QED) is 0.566. The van der Waals surface area contributed by atoms with E-state index in [4.69, 9.17) is 0 Å². The van der Waals surface area contributed by atoms with E-state index in [0.29, 0.717) is 17.9 Å². The summed E-state index contributed by atoms with van der Waals surface area (Å²) in [6.45, 7) is 7.48. The summed E-state index contributed by atoms with van der Waals surface area (Å²) in [6.07, 6.45) is 2.25. The fourth-order valence-electron chi connectivity index (χ4n) is 1.91. The second-order valence-corrected chi connectivity index (χ2v) is 7.43. The maximum atomic E-state index is 11.7. The number of amides is 1. The van der Waals surface area contributed by atoms with Crippen LogP contribution in [0.15, 0.2) is 22.5 Å². The van der Waals surface area contributed by atoms with Crippen molar-refractivity contribution in [1.29, 1.82) is 0 Å². The van der Waals surface area contributed by atoms with Crippen LogP contribution in [-0.2, 0) is 11.3 Å². The van der Waals surface area contributed by atoms with Gasteiger partial charge in [-0.3, -0.25) is 4.79 Å². The largest absolute Gasteiger partial charge is 0.354 e. The van der Waals surface area contributed by atoms with Crippen LogP contribution in [0.5, 0.6) is 0 Å². The molecule has 2 N–H and O–H groups in total. The highest BCUT2D eigenvalue weighted by Crippen LogP contribution is 2.08. The number of thiophene rings is 1. The molecule has 1 atom stereocenters. The van der Waals surface area contributed by atoms with Gasteiger partial charge in [-0.25, -0.2) is 4.99 Å². The molecule has 0 saturated carbocycles. The number of hydrogen-bond donors (Lipinski definition) is 2. The lowest BCUT2D eigenvalue weighted by Gasteiger charge is -2.19. The normalized spacial score (nSPS) is 13.0. The van der Waals surface area contributed by atoms with Crippen molar-refractivity contribution in [2.75, 3.05) is 20.6 Å². The van der Waals surface area contributed by atoms with Gasteiger partial charge in [0.2, 0.25) is 5.91 Å². The van der Waals surface area contributed by atoms with E-state index in [0.717, 1.165) is 13.0 Å². The van der Waals surface area contributed by atoms with Gasteiger partial charge in [0.1, 0.15) is 6.54 Å². The lowest BCUT2D eigenvalue weighted by molar-refractivity contribution is -0.127. The number of nitrogens with one attached hydrogen (secondary N) is 2. The molecular formula is C17H30N4OS. The van der Waals surface area contributed by atoms with Gasteiger partial charge in [-0.15, -0.1) is 11.3 Å². The topological polar surface area (TPSA) is 56.7 Å². The number of aliphatic imine (C=N–C) groups is 1. The zero-order valence-electron chi connectivity index (χ0n) is 14.9. The highest BCUT2D eigenvalue weighted by atomic mass is 32.1. The molecule has 5 nitrogen and oxygen atoms in total. The van der Waals surface area contributed by atoms with Crippen LogP contribution in [0.4, 0.5) is 0 Å². The molecule has 1 amide bonds. The molecule has 130 valence electrons. The number of rotatable bonds is 8. The van der Waals surface area contributed by atoms with Crippen LogP contribution in [0, 0.1) is 5.92 Å². The summed E-state index contributed by atoms with van der Waals surface area (Å²) in [7, 11) is 3.49. The Morgan fingerprint density at radius 3 is 2.61 bits per heavy atom. The maximum absolute atomic E-state index is 11.7. The van der Waals surface area contributed by atoms with Gasteiger partial charge in [-0.05, 0) is 37.1 Å². The highest BCUT2D eigenvalue weighted by Gasteiger charge is 2.09. The second kappa shape index (κ2) is 10.3. The fourth-order valence-corrected chi connectivity index (χ4v) is 2.56. The Balaban J connectivity index is 2.59. The monoisotopic (exact) mass is 338 g/mol. The number of nitrogens with zero attached hydrogens (tertiary/aromatic N) is 2. The Bertz CT molecular complexity index is 483. The van der Waals surface area contributed by atoms with Gasteiger partial charge in [0.25, 0.3) is 0 Å². The fraction of sp³-hybridized carbons (Fsp3) is 0.647. The predicted octanol–water partition coefficient (Wildman–Crippen LogP) is 2.70. The van der Waals surface area contributed by atoms with Crippen LogP contribution in [0.2, 0.25) is 0 Å². The summed E-state index contributed by atoms with van der Waals surface area (Å²) >= 11 is 1.71. The van der Waals surface area contributed by atoms with Crippen molar-refractivity contribution in [3.8, 4) is 0 Å². The standard InChI is InChI=1S/C17H30N4OS/c1-13(2)8-9-14(3)20-17(19-12-16(22)21(4)5)18-11-15-7-6-10-23-15/h6-7,10,13-14H,8-9,11-12H2,1-5H3,(H2,18,19,20). The van der Waals surface area contributed by atoms with Gasteiger partial charge in [0.05, 0.1) is 6.54 Å². The first-order valence-electron chi connectivity index (χ1n) is 8.16. The van der Waals surface area contributed by atoms with Crippen molar-refractivity contribution in [3.63, 3.8) is 0 Å².